The number of hydrogen-bond acceptors (Lipinski definition) is 3. The minimum Gasteiger partial charge on any atom is -0.398 e. The lowest BCUT2D eigenvalue weighted by Crippen LogP contribution is -2.02. The highest BCUT2D eigenvalue weighted by molar-refractivity contribution is 6.03. The number of carbonyl (C=O) groups excluding carboxylic acids is 2. The van der Waals surface area contributed by atoms with Gasteiger partial charge in [-0.05, 0) is 32.0 Å². The number of carbonyl (C=O) groups is 2. The number of anilines is 1. The zero-order chi connectivity index (χ0) is 12.0. The summed E-state index contributed by atoms with van der Waals surface area (Å²) in [6.07, 6.45) is 0. The van der Waals surface area contributed by atoms with Gasteiger partial charge in [-0.1, -0.05) is 13.8 Å². The molecule has 15 heavy (non-hydrogen) atoms. The third-order valence-electron chi connectivity index (χ3n) is 1.84. The Morgan fingerprint density at radius 1 is 1.07 bits per heavy atom. The maximum atomic E-state index is 11.0. The van der Waals surface area contributed by atoms with Crippen molar-refractivity contribution < 1.29 is 9.59 Å². The van der Waals surface area contributed by atoms with Gasteiger partial charge >= 0.3 is 0 Å². The van der Waals surface area contributed by atoms with E-state index in [-0.39, 0.29) is 11.6 Å². The second-order valence-corrected chi connectivity index (χ2v) is 2.91. The van der Waals surface area contributed by atoms with Crippen molar-refractivity contribution >= 4 is 17.3 Å². The molecule has 1 aromatic rings. The summed E-state index contributed by atoms with van der Waals surface area (Å²) in [6, 6.07) is 4.72. The van der Waals surface area contributed by atoms with Gasteiger partial charge in [0.1, 0.15) is 0 Å². The molecule has 0 saturated heterocycles. The minimum atomic E-state index is -0.124. The molecule has 3 heteroatoms. The van der Waals surface area contributed by atoms with E-state index in [0.717, 1.165) is 0 Å². The minimum absolute atomic E-state index is 0.0671. The van der Waals surface area contributed by atoms with E-state index in [2.05, 4.69) is 0 Å². The molecule has 2 N–H and O–H groups in total. The van der Waals surface area contributed by atoms with Crippen LogP contribution in [0.4, 0.5) is 5.69 Å². The smallest absolute Gasteiger partial charge is 0.161 e. The highest BCUT2D eigenvalue weighted by Crippen LogP contribution is 2.14. The fourth-order valence-electron chi connectivity index (χ4n) is 1.08. The fraction of sp³-hybridized carbons (Fsp3) is 0.333. The maximum absolute atomic E-state index is 11.0. The molecule has 0 amide bonds. The van der Waals surface area contributed by atoms with Gasteiger partial charge in [0.2, 0.25) is 0 Å². The van der Waals surface area contributed by atoms with Crippen LogP contribution in [0.25, 0.3) is 0 Å². The highest BCUT2D eigenvalue weighted by Gasteiger charge is 2.07. The summed E-state index contributed by atoms with van der Waals surface area (Å²) in [4.78, 5) is 22.0. The van der Waals surface area contributed by atoms with Crippen LogP contribution in [0, 0.1) is 0 Å². The molecule has 1 aromatic carbocycles. The van der Waals surface area contributed by atoms with Crippen LogP contribution in [0.1, 0.15) is 48.4 Å². The first-order valence-electron chi connectivity index (χ1n) is 4.93. The SMILES string of the molecule is CC.CC(=O)c1ccc(N)c(C(C)=O)c1. The van der Waals surface area contributed by atoms with Crippen molar-refractivity contribution in [2.24, 2.45) is 0 Å². The van der Waals surface area contributed by atoms with Gasteiger partial charge in [-0.2, -0.15) is 0 Å². The molecule has 0 aromatic heterocycles. The fourth-order valence-corrected chi connectivity index (χ4v) is 1.08. The molecular formula is C12H17NO2. The lowest BCUT2D eigenvalue weighted by molar-refractivity contribution is 0.101. The van der Waals surface area contributed by atoms with Crippen LogP contribution in [-0.2, 0) is 0 Å². The van der Waals surface area contributed by atoms with Crippen molar-refractivity contribution in [3.05, 3.63) is 29.3 Å². The van der Waals surface area contributed by atoms with Gasteiger partial charge in [0, 0.05) is 16.8 Å². The van der Waals surface area contributed by atoms with E-state index in [0.29, 0.717) is 16.8 Å². The molecule has 3 nitrogen and oxygen atoms in total. The number of nitrogens with two attached hydrogens (primary N) is 1. The zero-order valence-electron chi connectivity index (χ0n) is 9.63. The molecule has 0 unspecified atom stereocenters. The predicted molar refractivity (Wildman–Crippen MR) is 62.2 cm³/mol. The first-order valence-corrected chi connectivity index (χ1v) is 4.93. The second-order valence-electron chi connectivity index (χ2n) is 2.91. The summed E-state index contributed by atoms with van der Waals surface area (Å²) in [7, 11) is 0. The Kier molecular flexibility index (Phi) is 5.31. The Balaban J connectivity index is 0.000000921. The predicted octanol–water partition coefficient (Wildman–Crippen LogP) is 2.70. The summed E-state index contributed by atoms with van der Waals surface area (Å²) in [5, 5.41) is 0. The van der Waals surface area contributed by atoms with E-state index in [4.69, 9.17) is 5.73 Å². The molecule has 0 radical (unpaired) electrons. The van der Waals surface area contributed by atoms with E-state index in [1.807, 2.05) is 13.8 Å². The van der Waals surface area contributed by atoms with Crippen LogP contribution in [-0.4, -0.2) is 11.6 Å². The number of hydrogen-bond donors (Lipinski definition) is 1. The Labute approximate surface area is 90.3 Å². The largest absolute Gasteiger partial charge is 0.398 e. The number of ketones is 2. The third kappa shape index (κ3) is 3.54. The second kappa shape index (κ2) is 5.96. The number of Topliss-reactive ketones (excluding diaryl/α,β-unsaturated/α-hetero) is 2. The van der Waals surface area contributed by atoms with Gasteiger partial charge in [-0.3, -0.25) is 9.59 Å². The third-order valence-corrected chi connectivity index (χ3v) is 1.84. The van der Waals surface area contributed by atoms with E-state index in [9.17, 15) is 9.59 Å². The molecule has 0 heterocycles. The lowest BCUT2D eigenvalue weighted by atomic mass is 10.0. The molecule has 0 bridgehead atoms. The Hall–Kier alpha value is -1.64. The van der Waals surface area contributed by atoms with Crippen molar-refractivity contribution in [1.29, 1.82) is 0 Å². The molecule has 0 spiro atoms. The van der Waals surface area contributed by atoms with Crippen molar-refractivity contribution in [2.75, 3.05) is 5.73 Å². The highest BCUT2D eigenvalue weighted by atomic mass is 16.1. The molecule has 0 aliphatic heterocycles. The molecule has 0 atom stereocenters. The summed E-state index contributed by atoms with van der Waals surface area (Å²) in [5.41, 5.74) is 6.90. The van der Waals surface area contributed by atoms with Gasteiger partial charge in [0.15, 0.2) is 11.6 Å². The topological polar surface area (TPSA) is 60.2 Å². The van der Waals surface area contributed by atoms with Crippen molar-refractivity contribution in [2.45, 2.75) is 27.7 Å². The summed E-state index contributed by atoms with van der Waals surface area (Å²) in [6.45, 7) is 6.88. The Morgan fingerprint density at radius 3 is 2.00 bits per heavy atom. The maximum Gasteiger partial charge on any atom is 0.161 e. The van der Waals surface area contributed by atoms with Crippen LogP contribution in [0.3, 0.4) is 0 Å². The molecule has 1 rings (SSSR count). The van der Waals surface area contributed by atoms with Crippen molar-refractivity contribution in [3.63, 3.8) is 0 Å². The van der Waals surface area contributed by atoms with Gasteiger partial charge in [0.25, 0.3) is 0 Å². The van der Waals surface area contributed by atoms with E-state index in [1.54, 1.807) is 12.1 Å². The summed E-state index contributed by atoms with van der Waals surface area (Å²) < 4.78 is 0. The van der Waals surface area contributed by atoms with Gasteiger partial charge in [0.05, 0.1) is 0 Å². The standard InChI is InChI=1S/C10H11NO2.C2H6/c1-6(12)8-3-4-10(11)9(5-8)7(2)13;1-2/h3-5H,11H2,1-2H3;1-2H3. The quantitative estimate of drug-likeness (QED) is 0.599. The zero-order valence-corrected chi connectivity index (χ0v) is 9.63. The van der Waals surface area contributed by atoms with Gasteiger partial charge in [-0.15, -0.1) is 0 Å². The van der Waals surface area contributed by atoms with Crippen LogP contribution in [0.5, 0.6) is 0 Å². The normalized spacial score (nSPS) is 8.80. The first-order chi connectivity index (χ1) is 7.02. The van der Waals surface area contributed by atoms with E-state index < -0.39 is 0 Å². The van der Waals surface area contributed by atoms with Crippen LogP contribution in [0.15, 0.2) is 18.2 Å². The average Bonchev–Trinajstić information content (AvgIpc) is 2.20. The van der Waals surface area contributed by atoms with Gasteiger partial charge in [-0.25, -0.2) is 0 Å². The molecule has 0 aliphatic rings. The first kappa shape index (κ1) is 13.4. The number of rotatable bonds is 2. The lowest BCUT2D eigenvalue weighted by Gasteiger charge is -2.02. The monoisotopic (exact) mass is 207 g/mol. The molecule has 0 saturated carbocycles. The molecular weight excluding hydrogens is 190 g/mol. The summed E-state index contributed by atoms with van der Waals surface area (Å²) >= 11 is 0. The van der Waals surface area contributed by atoms with Crippen LogP contribution >= 0.6 is 0 Å². The summed E-state index contributed by atoms with van der Waals surface area (Å²) in [5.74, 6) is -0.192. The van der Waals surface area contributed by atoms with Gasteiger partial charge < -0.3 is 5.73 Å². The van der Waals surface area contributed by atoms with E-state index in [1.165, 1.54) is 19.9 Å². The number of nitrogen functional groups attached to an aromatic ring is 1. The molecule has 0 aliphatic carbocycles. The Morgan fingerprint density at radius 2 is 1.60 bits per heavy atom. The average molecular weight is 207 g/mol. The van der Waals surface area contributed by atoms with Crippen LogP contribution in [0.2, 0.25) is 0 Å². The van der Waals surface area contributed by atoms with Crippen molar-refractivity contribution in [1.82, 2.24) is 0 Å². The van der Waals surface area contributed by atoms with Crippen molar-refractivity contribution in [3.8, 4) is 0 Å². The Bertz CT molecular complexity index is 370. The molecule has 82 valence electrons. The number of benzene rings is 1. The molecule has 0 fully saturated rings. The van der Waals surface area contributed by atoms with E-state index >= 15 is 0 Å². The van der Waals surface area contributed by atoms with Crippen LogP contribution < -0.4 is 5.73 Å².